The second-order valence-electron chi connectivity index (χ2n) is 2.08. The van der Waals surface area contributed by atoms with E-state index >= 15 is 0 Å². The summed E-state index contributed by atoms with van der Waals surface area (Å²) in [6.45, 7) is 2.73. The molecule has 0 aromatic carbocycles. The highest BCUT2D eigenvalue weighted by molar-refractivity contribution is 5.70. The predicted octanol–water partition coefficient (Wildman–Crippen LogP) is -1.10. The van der Waals surface area contributed by atoms with E-state index in [2.05, 4.69) is 5.43 Å². The van der Waals surface area contributed by atoms with Gasteiger partial charge in [-0.05, 0) is 0 Å². The topological polar surface area (TPSA) is 67.6 Å². The van der Waals surface area contributed by atoms with E-state index in [1.165, 1.54) is 0 Å². The molecule has 1 saturated heterocycles. The number of primary amides is 1. The molecule has 58 valence electrons. The maximum Gasteiger partial charge on any atom is 0.326 e. The van der Waals surface area contributed by atoms with E-state index in [9.17, 15) is 4.79 Å². The fraction of sp³-hybridized carbons (Fsp3) is 0.800. The number of rotatable bonds is 1. The van der Waals surface area contributed by atoms with Crippen LogP contribution in [0.25, 0.3) is 0 Å². The number of nitrogens with two attached hydrogens (primary N) is 1. The molecular formula is C5H11N3O2. The van der Waals surface area contributed by atoms with E-state index in [-0.39, 0.29) is 0 Å². The lowest BCUT2D eigenvalue weighted by atomic mass is 10.5. The average Bonchev–Trinajstić information content (AvgIpc) is 1.88. The first-order chi connectivity index (χ1) is 4.79. The predicted molar refractivity (Wildman–Crippen MR) is 35.1 cm³/mol. The Hall–Kier alpha value is -0.810. The summed E-state index contributed by atoms with van der Waals surface area (Å²) in [6.07, 6.45) is 0. The maximum atomic E-state index is 10.3. The van der Waals surface area contributed by atoms with Gasteiger partial charge in [0.1, 0.15) is 0 Å². The highest BCUT2D eigenvalue weighted by Crippen LogP contribution is 1.90. The first-order valence-corrected chi connectivity index (χ1v) is 3.18. The minimum absolute atomic E-state index is 0.512. The fourth-order valence-corrected chi connectivity index (χ4v) is 0.831. The number of amides is 2. The summed E-state index contributed by atoms with van der Waals surface area (Å²) < 4.78 is 5.05. The van der Waals surface area contributed by atoms with Crippen molar-refractivity contribution in [1.29, 1.82) is 0 Å². The second-order valence-corrected chi connectivity index (χ2v) is 2.08. The second kappa shape index (κ2) is 3.38. The molecule has 0 unspecified atom stereocenters. The fourth-order valence-electron chi connectivity index (χ4n) is 0.831. The zero-order valence-corrected chi connectivity index (χ0v) is 5.67. The monoisotopic (exact) mass is 145 g/mol. The molecule has 1 aliphatic heterocycles. The highest BCUT2D eigenvalue weighted by atomic mass is 16.5. The zero-order valence-electron chi connectivity index (χ0n) is 5.67. The van der Waals surface area contributed by atoms with E-state index in [0.717, 1.165) is 0 Å². The molecule has 3 N–H and O–H groups in total. The molecule has 1 rings (SSSR count). The van der Waals surface area contributed by atoms with Crippen LogP contribution in [-0.2, 0) is 4.74 Å². The SMILES string of the molecule is NC(=O)NN1CCOCC1. The van der Waals surface area contributed by atoms with E-state index in [1.54, 1.807) is 5.01 Å². The van der Waals surface area contributed by atoms with Gasteiger partial charge in [0, 0.05) is 13.1 Å². The van der Waals surface area contributed by atoms with Crippen LogP contribution in [0.3, 0.4) is 0 Å². The Kier molecular flexibility index (Phi) is 2.47. The third-order valence-corrected chi connectivity index (χ3v) is 1.28. The lowest BCUT2D eigenvalue weighted by Gasteiger charge is -2.25. The third kappa shape index (κ3) is 2.20. The average molecular weight is 145 g/mol. The molecule has 0 bridgehead atoms. The van der Waals surface area contributed by atoms with Crippen molar-refractivity contribution >= 4 is 6.03 Å². The van der Waals surface area contributed by atoms with Gasteiger partial charge in [0.2, 0.25) is 0 Å². The van der Waals surface area contributed by atoms with Crippen molar-refractivity contribution in [2.24, 2.45) is 5.73 Å². The van der Waals surface area contributed by atoms with Crippen molar-refractivity contribution in [1.82, 2.24) is 10.4 Å². The number of nitrogens with zero attached hydrogens (tertiary/aromatic N) is 1. The molecule has 5 heteroatoms. The standard InChI is InChI=1S/C5H11N3O2/c6-5(9)7-8-1-3-10-4-2-8/h1-4H2,(H3,6,7,9). The van der Waals surface area contributed by atoms with Crippen molar-refractivity contribution in [3.05, 3.63) is 0 Å². The van der Waals surface area contributed by atoms with Gasteiger partial charge in [-0.2, -0.15) is 0 Å². The minimum atomic E-state index is -0.512. The van der Waals surface area contributed by atoms with Crippen LogP contribution in [0.4, 0.5) is 4.79 Å². The first kappa shape index (κ1) is 7.30. The number of ether oxygens (including phenoxy) is 1. The number of hydrazine groups is 1. The Morgan fingerprint density at radius 3 is 2.60 bits per heavy atom. The van der Waals surface area contributed by atoms with Gasteiger partial charge in [-0.15, -0.1) is 0 Å². The van der Waals surface area contributed by atoms with Crippen molar-refractivity contribution in [3.8, 4) is 0 Å². The van der Waals surface area contributed by atoms with E-state index in [1.807, 2.05) is 0 Å². The third-order valence-electron chi connectivity index (χ3n) is 1.28. The molecule has 0 radical (unpaired) electrons. The van der Waals surface area contributed by atoms with Gasteiger partial charge < -0.3 is 10.5 Å². The molecule has 0 aromatic rings. The van der Waals surface area contributed by atoms with Gasteiger partial charge >= 0.3 is 6.03 Å². The largest absolute Gasteiger partial charge is 0.379 e. The van der Waals surface area contributed by atoms with Crippen LogP contribution in [0, 0.1) is 0 Å². The number of hydrogen-bond acceptors (Lipinski definition) is 3. The van der Waals surface area contributed by atoms with Gasteiger partial charge in [0.05, 0.1) is 13.2 Å². The highest BCUT2D eigenvalue weighted by Gasteiger charge is 2.10. The van der Waals surface area contributed by atoms with E-state index in [4.69, 9.17) is 10.5 Å². The van der Waals surface area contributed by atoms with E-state index in [0.29, 0.717) is 26.3 Å². The van der Waals surface area contributed by atoms with Crippen LogP contribution in [0.15, 0.2) is 0 Å². The molecule has 10 heavy (non-hydrogen) atoms. The summed E-state index contributed by atoms with van der Waals surface area (Å²) >= 11 is 0. The lowest BCUT2D eigenvalue weighted by Crippen LogP contribution is -2.50. The molecular weight excluding hydrogens is 134 g/mol. The summed E-state index contributed by atoms with van der Waals surface area (Å²) in [4.78, 5) is 10.3. The summed E-state index contributed by atoms with van der Waals surface area (Å²) in [5.74, 6) is 0. The van der Waals surface area contributed by atoms with Gasteiger partial charge in [-0.25, -0.2) is 9.80 Å². The Morgan fingerprint density at radius 1 is 1.50 bits per heavy atom. The van der Waals surface area contributed by atoms with Gasteiger partial charge in [-0.3, -0.25) is 5.43 Å². The van der Waals surface area contributed by atoms with Gasteiger partial charge in [0.15, 0.2) is 0 Å². The summed E-state index contributed by atoms with van der Waals surface area (Å²) in [5, 5.41) is 1.74. The molecule has 0 spiro atoms. The number of carbonyl (C=O) groups excluding carboxylic acids is 1. The number of carbonyl (C=O) groups is 1. The number of nitrogens with one attached hydrogen (secondary N) is 1. The molecule has 0 aliphatic carbocycles. The molecule has 1 aliphatic rings. The maximum absolute atomic E-state index is 10.3. The van der Waals surface area contributed by atoms with Gasteiger partial charge in [0.25, 0.3) is 0 Å². The van der Waals surface area contributed by atoms with E-state index < -0.39 is 6.03 Å². The van der Waals surface area contributed by atoms with Crippen molar-refractivity contribution < 1.29 is 9.53 Å². The quantitative estimate of drug-likeness (QED) is 0.492. The molecule has 0 saturated carbocycles. The zero-order chi connectivity index (χ0) is 7.40. The summed E-state index contributed by atoms with van der Waals surface area (Å²) in [5.41, 5.74) is 7.36. The van der Waals surface area contributed by atoms with Crippen molar-refractivity contribution in [2.45, 2.75) is 0 Å². The summed E-state index contributed by atoms with van der Waals surface area (Å²) in [7, 11) is 0. The number of urea groups is 1. The normalized spacial score (nSPS) is 20.4. The molecule has 1 fully saturated rings. The van der Waals surface area contributed by atoms with Crippen LogP contribution >= 0.6 is 0 Å². The number of hydrogen-bond donors (Lipinski definition) is 2. The summed E-state index contributed by atoms with van der Waals surface area (Å²) in [6, 6.07) is -0.512. The molecule has 0 aromatic heterocycles. The van der Waals surface area contributed by atoms with Crippen LogP contribution in [0.5, 0.6) is 0 Å². The minimum Gasteiger partial charge on any atom is -0.379 e. The molecule has 1 heterocycles. The van der Waals surface area contributed by atoms with Gasteiger partial charge in [-0.1, -0.05) is 0 Å². The number of morpholine rings is 1. The first-order valence-electron chi connectivity index (χ1n) is 3.18. The van der Waals surface area contributed by atoms with Crippen LogP contribution in [0.2, 0.25) is 0 Å². The van der Waals surface area contributed by atoms with Crippen LogP contribution in [-0.4, -0.2) is 37.3 Å². The molecule has 5 nitrogen and oxygen atoms in total. The Balaban J connectivity index is 2.19. The Bertz CT molecular complexity index is 122. The smallest absolute Gasteiger partial charge is 0.326 e. The molecule has 2 amide bonds. The van der Waals surface area contributed by atoms with Crippen molar-refractivity contribution in [3.63, 3.8) is 0 Å². The Morgan fingerprint density at radius 2 is 2.10 bits per heavy atom. The van der Waals surface area contributed by atoms with Crippen molar-refractivity contribution in [2.75, 3.05) is 26.3 Å². The Labute approximate surface area is 59.1 Å². The van der Waals surface area contributed by atoms with Crippen LogP contribution < -0.4 is 11.2 Å². The van der Waals surface area contributed by atoms with Crippen LogP contribution in [0.1, 0.15) is 0 Å². The lowest BCUT2D eigenvalue weighted by molar-refractivity contribution is 0.0203. The molecule has 0 atom stereocenters.